The Bertz CT molecular complexity index is 332. The molecule has 2 aliphatic rings. The molecule has 2 rings (SSSR count). The molecular formula is C13H23N3O3. The summed E-state index contributed by atoms with van der Waals surface area (Å²) in [6.45, 7) is 2.75. The Morgan fingerprint density at radius 2 is 1.84 bits per heavy atom. The zero-order chi connectivity index (χ0) is 13.9. The lowest BCUT2D eigenvalue weighted by Gasteiger charge is -2.38. The summed E-state index contributed by atoms with van der Waals surface area (Å²) in [4.78, 5) is 26.5. The number of rotatable bonds is 3. The Morgan fingerprint density at radius 3 is 2.32 bits per heavy atom. The van der Waals surface area contributed by atoms with Crippen molar-refractivity contribution in [3.63, 3.8) is 0 Å². The molecule has 0 aromatic carbocycles. The van der Waals surface area contributed by atoms with E-state index < -0.39 is 5.60 Å². The molecule has 0 unspecified atom stereocenters. The number of hydrogen-bond acceptors (Lipinski definition) is 4. The minimum absolute atomic E-state index is 0.00889. The molecule has 2 amide bonds. The molecule has 0 radical (unpaired) electrons. The van der Waals surface area contributed by atoms with Crippen LogP contribution in [0.1, 0.15) is 25.7 Å². The van der Waals surface area contributed by atoms with Crippen molar-refractivity contribution in [1.29, 1.82) is 0 Å². The number of nitrogens with two attached hydrogens (primary N) is 1. The van der Waals surface area contributed by atoms with Crippen molar-refractivity contribution in [3.05, 3.63) is 0 Å². The summed E-state index contributed by atoms with van der Waals surface area (Å²) < 4.78 is 0. The smallest absolute Gasteiger partial charge is 0.225 e. The molecule has 0 aromatic heterocycles. The van der Waals surface area contributed by atoms with Crippen LogP contribution in [-0.4, -0.2) is 65.5 Å². The highest BCUT2D eigenvalue weighted by molar-refractivity contribution is 5.79. The van der Waals surface area contributed by atoms with Gasteiger partial charge in [0, 0.05) is 38.6 Å². The maximum absolute atomic E-state index is 12.4. The van der Waals surface area contributed by atoms with Gasteiger partial charge in [-0.15, -0.1) is 0 Å². The highest BCUT2D eigenvalue weighted by Gasteiger charge is 2.36. The van der Waals surface area contributed by atoms with E-state index in [-0.39, 0.29) is 18.4 Å². The van der Waals surface area contributed by atoms with Crippen LogP contribution in [0.4, 0.5) is 0 Å². The van der Waals surface area contributed by atoms with Crippen LogP contribution in [0.25, 0.3) is 0 Å². The van der Waals surface area contributed by atoms with Crippen molar-refractivity contribution in [2.45, 2.75) is 31.3 Å². The van der Waals surface area contributed by atoms with E-state index in [0.717, 1.165) is 6.41 Å². The van der Waals surface area contributed by atoms with Gasteiger partial charge >= 0.3 is 0 Å². The summed E-state index contributed by atoms with van der Waals surface area (Å²) in [5.41, 5.74) is 4.78. The molecule has 6 nitrogen and oxygen atoms in total. The number of nitrogens with zero attached hydrogens (tertiary/aromatic N) is 2. The summed E-state index contributed by atoms with van der Waals surface area (Å²) in [5.74, 6) is 0.180. The minimum Gasteiger partial charge on any atom is -0.389 e. The van der Waals surface area contributed by atoms with Crippen molar-refractivity contribution in [2.75, 3.05) is 32.7 Å². The largest absolute Gasteiger partial charge is 0.389 e. The number of aliphatic hydroxyl groups is 1. The third-order valence-electron chi connectivity index (χ3n) is 4.42. The van der Waals surface area contributed by atoms with Crippen molar-refractivity contribution < 1.29 is 14.7 Å². The summed E-state index contributed by atoms with van der Waals surface area (Å²) in [6.07, 6.45) is 3.47. The fourth-order valence-corrected chi connectivity index (χ4v) is 2.91. The molecule has 0 bridgehead atoms. The lowest BCUT2D eigenvalue weighted by Crippen LogP contribution is -2.51. The number of carbonyl (C=O) groups is 2. The van der Waals surface area contributed by atoms with Gasteiger partial charge in [0.15, 0.2) is 0 Å². The van der Waals surface area contributed by atoms with E-state index in [1.54, 1.807) is 4.90 Å². The highest BCUT2D eigenvalue weighted by Crippen LogP contribution is 2.32. The van der Waals surface area contributed by atoms with Gasteiger partial charge in [-0.3, -0.25) is 9.59 Å². The van der Waals surface area contributed by atoms with Crippen molar-refractivity contribution in [3.8, 4) is 0 Å². The van der Waals surface area contributed by atoms with E-state index >= 15 is 0 Å². The number of hydrogen-bond donors (Lipinski definition) is 2. The molecule has 3 N–H and O–H groups in total. The third kappa shape index (κ3) is 3.25. The second kappa shape index (κ2) is 5.88. The van der Waals surface area contributed by atoms with Gasteiger partial charge in [0.2, 0.25) is 12.3 Å². The Balaban J connectivity index is 1.83. The van der Waals surface area contributed by atoms with Gasteiger partial charge in [-0.25, -0.2) is 0 Å². The summed E-state index contributed by atoms with van der Waals surface area (Å²) in [5, 5.41) is 10.1. The number of piperazine rings is 1. The Kier molecular flexibility index (Phi) is 4.42. The predicted octanol–water partition coefficient (Wildman–Crippen LogP) is -0.833. The van der Waals surface area contributed by atoms with Crippen LogP contribution in [0.15, 0.2) is 0 Å². The van der Waals surface area contributed by atoms with E-state index in [2.05, 4.69) is 0 Å². The first kappa shape index (κ1) is 14.3. The van der Waals surface area contributed by atoms with Crippen LogP contribution in [0, 0.1) is 5.92 Å². The topological polar surface area (TPSA) is 86.9 Å². The first-order chi connectivity index (χ1) is 9.08. The minimum atomic E-state index is -0.771. The summed E-state index contributed by atoms with van der Waals surface area (Å²) >= 11 is 0. The molecule has 1 heterocycles. The van der Waals surface area contributed by atoms with Gasteiger partial charge in [-0.2, -0.15) is 0 Å². The highest BCUT2D eigenvalue weighted by atomic mass is 16.3. The molecular weight excluding hydrogens is 246 g/mol. The summed E-state index contributed by atoms with van der Waals surface area (Å²) in [7, 11) is 0. The van der Waals surface area contributed by atoms with E-state index in [4.69, 9.17) is 5.73 Å². The maximum Gasteiger partial charge on any atom is 0.225 e. The van der Waals surface area contributed by atoms with E-state index in [9.17, 15) is 14.7 Å². The molecule has 1 aliphatic carbocycles. The zero-order valence-electron chi connectivity index (χ0n) is 11.3. The number of carbonyl (C=O) groups excluding carboxylic acids is 2. The molecule has 1 aliphatic heterocycles. The van der Waals surface area contributed by atoms with Gasteiger partial charge in [-0.1, -0.05) is 0 Å². The quantitative estimate of drug-likeness (QED) is 0.655. The SMILES string of the molecule is NCC1(O)CCC(C(=O)N2CCN(C=O)CC2)CC1. The molecule has 2 fully saturated rings. The molecule has 0 atom stereocenters. The lowest BCUT2D eigenvalue weighted by atomic mass is 9.78. The van der Waals surface area contributed by atoms with Crippen molar-refractivity contribution >= 4 is 12.3 Å². The molecule has 108 valence electrons. The Morgan fingerprint density at radius 1 is 1.26 bits per heavy atom. The van der Waals surface area contributed by atoms with Gasteiger partial charge in [0.05, 0.1) is 5.60 Å². The second-order valence-electron chi connectivity index (χ2n) is 5.67. The zero-order valence-corrected chi connectivity index (χ0v) is 11.3. The molecule has 1 saturated carbocycles. The second-order valence-corrected chi connectivity index (χ2v) is 5.67. The molecule has 6 heteroatoms. The van der Waals surface area contributed by atoms with Crippen LogP contribution >= 0.6 is 0 Å². The van der Waals surface area contributed by atoms with Crippen LogP contribution in [0.2, 0.25) is 0 Å². The first-order valence-electron chi connectivity index (χ1n) is 6.98. The van der Waals surface area contributed by atoms with Crippen molar-refractivity contribution in [1.82, 2.24) is 9.80 Å². The van der Waals surface area contributed by atoms with Gasteiger partial charge in [-0.05, 0) is 25.7 Å². The third-order valence-corrected chi connectivity index (χ3v) is 4.42. The van der Waals surface area contributed by atoms with Gasteiger partial charge in [0.25, 0.3) is 0 Å². The predicted molar refractivity (Wildman–Crippen MR) is 70.2 cm³/mol. The number of amides is 2. The fourth-order valence-electron chi connectivity index (χ4n) is 2.91. The van der Waals surface area contributed by atoms with E-state index in [0.29, 0.717) is 51.9 Å². The van der Waals surface area contributed by atoms with E-state index in [1.165, 1.54) is 0 Å². The van der Waals surface area contributed by atoms with Gasteiger partial charge in [0.1, 0.15) is 0 Å². The fraction of sp³-hybridized carbons (Fsp3) is 0.846. The molecule has 0 spiro atoms. The van der Waals surface area contributed by atoms with Gasteiger partial charge < -0.3 is 20.6 Å². The van der Waals surface area contributed by atoms with Crippen LogP contribution in [-0.2, 0) is 9.59 Å². The van der Waals surface area contributed by atoms with Crippen LogP contribution in [0.5, 0.6) is 0 Å². The normalized spacial score (nSPS) is 32.2. The molecule has 1 saturated heterocycles. The lowest BCUT2D eigenvalue weighted by molar-refractivity contribution is -0.141. The van der Waals surface area contributed by atoms with Crippen molar-refractivity contribution in [2.24, 2.45) is 11.7 Å². The first-order valence-corrected chi connectivity index (χ1v) is 6.98. The Labute approximate surface area is 113 Å². The summed E-state index contributed by atoms with van der Waals surface area (Å²) in [6, 6.07) is 0. The monoisotopic (exact) mass is 269 g/mol. The average Bonchev–Trinajstić information content (AvgIpc) is 2.47. The van der Waals surface area contributed by atoms with Crippen LogP contribution < -0.4 is 5.73 Å². The molecule has 0 aromatic rings. The van der Waals surface area contributed by atoms with E-state index in [1.807, 2.05) is 4.90 Å². The Hall–Kier alpha value is -1.14. The molecule has 19 heavy (non-hydrogen) atoms. The van der Waals surface area contributed by atoms with Crippen LogP contribution in [0.3, 0.4) is 0 Å². The maximum atomic E-state index is 12.4. The standard InChI is InChI=1S/C13H23N3O3/c14-9-13(19)3-1-11(2-4-13)12(18)16-7-5-15(10-17)6-8-16/h10-11,19H,1-9,14H2. The average molecular weight is 269 g/mol.